The van der Waals surface area contributed by atoms with E-state index in [4.69, 9.17) is 4.74 Å². The molecule has 1 aliphatic rings. The van der Waals surface area contributed by atoms with Crippen LogP contribution in [-0.2, 0) is 11.8 Å². The monoisotopic (exact) mass is 318 g/mol. The molecule has 1 fully saturated rings. The van der Waals surface area contributed by atoms with Crippen LogP contribution in [0, 0.1) is 6.92 Å². The van der Waals surface area contributed by atoms with Crippen LogP contribution >= 0.6 is 0 Å². The molecule has 0 unspecified atom stereocenters. The maximum atomic E-state index is 12.2. The summed E-state index contributed by atoms with van der Waals surface area (Å²) in [6.45, 7) is 3.74. The summed E-state index contributed by atoms with van der Waals surface area (Å²) in [4.78, 5) is 21.4. The summed E-state index contributed by atoms with van der Waals surface area (Å²) in [5, 5.41) is 7.16. The minimum absolute atomic E-state index is 0.0556. The molecule has 0 radical (unpaired) electrons. The zero-order chi connectivity index (χ0) is 16.4. The predicted octanol–water partition coefficient (Wildman–Crippen LogP) is 0.253. The molecule has 0 aromatic carbocycles. The van der Waals surface area contributed by atoms with Gasteiger partial charge in [-0.3, -0.25) is 14.4 Å². The van der Waals surface area contributed by atoms with E-state index < -0.39 is 0 Å². The minimum atomic E-state index is -0.175. The lowest BCUT2D eigenvalue weighted by atomic mass is 10.0. The van der Waals surface area contributed by atoms with Crippen LogP contribution in [0.1, 0.15) is 28.0 Å². The molecular weight excluding hydrogens is 296 g/mol. The van der Waals surface area contributed by atoms with Crippen LogP contribution < -0.4 is 5.32 Å². The Kier molecular flexibility index (Phi) is 4.44. The SMILES string of the molecule is Cc1ncc(C(=O)NC[C@@H]2OCCN(C)[C@H]2c2ccnn2C)[nH]1. The molecule has 3 rings (SSSR count). The van der Waals surface area contributed by atoms with Gasteiger partial charge in [-0.25, -0.2) is 4.98 Å². The molecule has 0 bridgehead atoms. The molecule has 8 nitrogen and oxygen atoms in total. The molecule has 2 atom stereocenters. The summed E-state index contributed by atoms with van der Waals surface area (Å²) in [5.41, 5.74) is 1.53. The molecule has 2 aromatic rings. The van der Waals surface area contributed by atoms with Gasteiger partial charge in [0.1, 0.15) is 11.5 Å². The molecule has 1 amide bonds. The maximum absolute atomic E-state index is 12.2. The van der Waals surface area contributed by atoms with Crippen molar-refractivity contribution < 1.29 is 9.53 Å². The van der Waals surface area contributed by atoms with Crippen molar-refractivity contribution >= 4 is 5.91 Å². The smallest absolute Gasteiger partial charge is 0.269 e. The van der Waals surface area contributed by atoms with Crippen molar-refractivity contribution in [2.24, 2.45) is 7.05 Å². The van der Waals surface area contributed by atoms with Gasteiger partial charge in [0, 0.05) is 26.3 Å². The number of likely N-dealkylation sites (N-methyl/N-ethyl adjacent to an activating group) is 1. The second kappa shape index (κ2) is 6.51. The van der Waals surface area contributed by atoms with Crippen LogP contribution in [-0.4, -0.2) is 63.4 Å². The number of carbonyl (C=O) groups is 1. The number of nitrogens with zero attached hydrogens (tertiary/aromatic N) is 4. The van der Waals surface area contributed by atoms with Crippen molar-refractivity contribution in [3.05, 3.63) is 35.7 Å². The zero-order valence-electron chi connectivity index (χ0n) is 13.6. The number of hydrogen-bond acceptors (Lipinski definition) is 5. The van der Waals surface area contributed by atoms with E-state index in [1.54, 1.807) is 6.20 Å². The lowest BCUT2D eigenvalue weighted by molar-refractivity contribution is -0.0629. The van der Waals surface area contributed by atoms with Gasteiger partial charge in [-0.15, -0.1) is 0 Å². The fraction of sp³-hybridized carbons (Fsp3) is 0.533. The second-order valence-electron chi connectivity index (χ2n) is 5.81. The van der Waals surface area contributed by atoms with Crippen LogP contribution in [0.3, 0.4) is 0 Å². The van der Waals surface area contributed by atoms with E-state index in [2.05, 4.69) is 32.3 Å². The molecule has 8 heteroatoms. The molecule has 0 spiro atoms. The minimum Gasteiger partial charge on any atom is -0.373 e. The predicted molar refractivity (Wildman–Crippen MR) is 84.0 cm³/mol. The van der Waals surface area contributed by atoms with Crippen LogP contribution in [0.4, 0.5) is 0 Å². The van der Waals surface area contributed by atoms with Crippen LogP contribution in [0.25, 0.3) is 0 Å². The van der Waals surface area contributed by atoms with Crippen molar-refractivity contribution in [2.75, 3.05) is 26.7 Å². The van der Waals surface area contributed by atoms with Crippen molar-refractivity contribution in [3.8, 4) is 0 Å². The normalized spacial score (nSPS) is 22.2. The molecule has 1 saturated heterocycles. The van der Waals surface area contributed by atoms with Gasteiger partial charge in [0.15, 0.2) is 0 Å². The first-order chi connectivity index (χ1) is 11.1. The van der Waals surface area contributed by atoms with Gasteiger partial charge in [-0.2, -0.15) is 5.10 Å². The molecule has 2 N–H and O–H groups in total. The quantitative estimate of drug-likeness (QED) is 0.844. The van der Waals surface area contributed by atoms with Gasteiger partial charge in [0.05, 0.1) is 30.6 Å². The highest BCUT2D eigenvalue weighted by atomic mass is 16.5. The summed E-state index contributed by atoms with van der Waals surface area (Å²) in [6.07, 6.45) is 3.19. The van der Waals surface area contributed by atoms with E-state index in [9.17, 15) is 4.79 Å². The van der Waals surface area contributed by atoms with Crippen molar-refractivity contribution in [2.45, 2.75) is 19.1 Å². The molecule has 1 aliphatic heterocycles. The Morgan fingerprint density at radius 2 is 2.35 bits per heavy atom. The third-order valence-electron chi connectivity index (χ3n) is 4.18. The number of hydrogen-bond donors (Lipinski definition) is 2. The van der Waals surface area contributed by atoms with Gasteiger partial charge < -0.3 is 15.0 Å². The highest BCUT2D eigenvalue weighted by Gasteiger charge is 2.33. The number of carbonyl (C=O) groups excluding carboxylic acids is 1. The zero-order valence-corrected chi connectivity index (χ0v) is 13.6. The Labute approximate surface area is 134 Å². The first kappa shape index (κ1) is 15.7. The molecule has 0 saturated carbocycles. The number of H-pyrrole nitrogens is 1. The van der Waals surface area contributed by atoms with Crippen LogP contribution in [0.2, 0.25) is 0 Å². The van der Waals surface area contributed by atoms with Crippen molar-refractivity contribution in [1.82, 2.24) is 30.0 Å². The standard InChI is InChI=1S/C15H22N6O2/c1-10-16-8-11(19-10)15(22)17-9-13-14(20(2)6-7-23-13)12-4-5-18-21(12)3/h4-5,8,13-14H,6-7,9H2,1-3H3,(H,16,19)(H,17,22)/t13-,14-/m0/s1. The van der Waals surface area contributed by atoms with E-state index >= 15 is 0 Å². The maximum Gasteiger partial charge on any atom is 0.269 e. The third kappa shape index (κ3) is 3.27. The lowest BCUT2D eigenvalue weighted by Crippen LogP contribution is -2.48. The number of amides is 1. The number of morpholine rings is 1. The van der Waals surface area contributed by atoms with E-state index in [0.29, 0.717) is 18.8 Å². The Bertz CT molecular complexity index is 679. The number of nitrogens with one attached hydrogen (secondary N) is 2. The van der Waals surface area contributed by atoms with Crippen molar-refractivity contribution in [1.29, 1.82) is 0 Å². The highest BCUT2D eigenvalue weighted by molar-refractivity contribution is 5.92. The Balaban J connectivity index is 1.69. The number of ether oxygens (including phenoxy) is 1. The summed E-state index contributed by atoms with van der Waals surface area (Å²) in [5.74, 6) is 0.544. The summed E-state index contributed by atoms with van der Waals surface area (Å²) >= 11 is 0. The van der Waals surface area contributed by atoms with Gasteiger partial charge in [-0.1, -0.05) is 0 Å². The Hall–Kier alpha value is -2.19. The number of aryl methyl sites for hydroxylation is 2. The van der Waals surface area contributed by atoms with Gasteiger partial charge in [0.25, 0.3) is 5.91 Å². The molecule has 3 heterocycles. The summed E-state index contributed by atoms with van der Waals surface area (Å²) in [6, 6.07) is 2.04. The van der Waals surface area contributed by atoms with E-state index in [0.717, 1.165) is 18.1 Å². The number of aromatic amines is 1. The topological polar surface area (TPSA) is 88.1 Å². The average Bonchev–Trinajstić information content (AvgIpc) is 3.13. The largest absolute Gasteiger partial charge is 0.373 e. The van der Waals surface area contributed by atoms with Gasteiger partial charge in [-0.05, 0) is 20.0 Å². The van der Waals surface area contributed by atoms with E-state index in [1.807, 2.05) is 24.7 Å². The van der Waals surface area contributed by atoms with Crippen molar-refractivity contribution in [3.63, 3.8) is 0 Å². The molecule has 124 valence electrons. The summed E-state index contributed by atoms with van der Waals surface area (Å²) < 4.78 is 7.76. The van der Waals surface area contributed by atoms with Crippen LogP contribution in [0.5, 0.6) is 0 Å². The molecule has 23 heavy (non-hydrogen) atoms. The first-order valence-corrected chi connectivity index (χ1v) is 7.66. The third-order valence-corrected chi connectivity index (χ3v) is 4.18. The van der Waals surface area contributed by atoms with Gasteiger partial charge >= 0.3 is 0 Å². The Morgan fingerprint density at radius 3 is 3.00 bits per heavy atom. The fourth-order valence-corrected chi connectivity index (χ4v) is 2.95. The van der Waals surface area contributed by atoms with E-state index in [-0.39, 0.29) is 18.1 Å². The fourth-order valence-electron chi connectivity index (χ4n) is 2.95. The molecular formula is C15H22N6O2. The molecule has 0 aliphatic carbocycles. The molecule has 2 aromatic heterocycles. The number of aromatic nitrogens is 4. The number of imidazole rings is 1. The van der Waals surface area contributed by atoms with E-state index in [1.165, 1.54) is 6.20 Å². The Morgan fingerprint density at radius 1 is 1.52 bits per heavy atom. The summed E-state index contributed by atoms with van der Waals surface area (Å²) in [7, 11) is 3.98. The van der Waals surface area contributed by atoms with Gasteiger partial charge in [0.2, 0.25) is 0 Å². The average molecular weight is 318 g/mol. The number of rotatable bonds is 4. The lowest BCUT2D eigenvalue weighted by Gasteiger charge is -2.39. The first-order valence-electron chi connectivity index (χ1n) is 7.66. The highest BCUT2D eigenvalue weighted by Crippen LogP contribution is 2.27. The second-order valence-corrected chi connectivity index (χ2v) is 5.81. The van der Waals surface area contributed by atoms with Crippen LogP contribution in [0.15, 0.2) is 18.5 Å².